The van der Waals surface area contributed by atoms with E-state index in [9.17, 15) is 4.79 Å². The second-order valence-electron chi connectivity index (χ2n) is 6.79. The van der Waals surface area contributed by atoms with Gasteiger partial charge in [-0.05, 0) is 37.5 Å². The molecule has 4 aromatic rings. The van der Waals surface area contributed by atoms with Crippen LogP contribution in [0.2, 0.25) is 0 Å². The van der Waals surface area contributed by atoms with Crippen molar-refractivity contribution in [3.8, 4) is 0 Å². The molecule has 28 heavy (non-hydrogen) atoms. The van der Waals surface area contributed by atoms with Gasteiger partial charge in [0, 0.05) is 12.5 Å². The van der Waals surface area contributed by atoms with Gasteiger partial charge in [0.2, 0.25) is 5.91 Å². The summed E-state index contributed by atoms with van der Waals surface area (Å²) in [4.78, 5) is 17.1. The maximum atomic E-state index is 12.4. The van der Waals surface area contributed by atoms with Crippen molar-refractivity contribution in [3.05, 3.63) is 76.9 Å². The standard InChI is InChI=1S/C22H22N4OS/c1-16-14-20(26(25-16)15-17-8-3-2-4-9-17)24-21(27)12-7-13-22-23-18-10-5-6-11-19(18)28-22/h2-6,8-11,14H,7,12-13,15H2,1H3,(H,24,27). The van der Waals surface area contributed by atoms with Crippen LogP contribution in [0.15, 0.2) is 60.7 Å². The van der Waals surface area contributed by atoms with E-state index >= 15 is 0 Å². The third kappa shape index (κ3) is 4.46. The molecular formula is C22H22N4OS. The minimum absolute atomic E-state index is 0.00956. The lowest BCUT2D eigenvalue weighted by molar-refractivity contribution is -0.116. The quantitative estimate of drug-likeness (QED) is 0.493. The fourth-order valence-electron chi connectivity index (χ4n) is 3.16. The van der Waals surface area contributed by atoms with Crippen LogP contribution < -0.4 is 5.32 Å². The molecule has 0 radical (unpaired) electrons. The summed E-state index contributed by atoms with van der Waals surface area (Å²) in [5.41, 5.74) is 3.07. The Hall–Kier alpha value is -2.99. The normalized spacial score (nSPS) is 11.0. The first kappa shape index (κ1) is 18.4. The lowest BCUT2D eigenvalue weighted by atomic mass is 10.2. The van der Waals surface area contributed by atoms with E-state index in [0.29, 0.717) is 13.0 Å². The van der Waals surface area contributed by atoms with Crippen LogP contribution in [-0.2, 0) is 17.8 Å². The first-order chi connectivity index (χ1) is 13.7. The molecule has 6 heteroatoms. The summed E-state index contributed by atoms with van der Waals surface area (Å²) < 4.78 is 3.04. The lowest BCUT2D eigenvalue weighted by Gasteiger charge is -2.09. The molecule has 0 spiro atoms. The summed E-state index contributed by atoms with van der Waals surface area (Å²) in [7, 11) is 0. The highest BCUT2D eigenvalue weighted by molar-refractivity contribution is 7.18. The number of carbonyl (C=O) groups is 1. The fraction of sp³-hybridized carbons (Fsp3) is 0.227. The van der Waals surface area contributed by atoms with Gasteiger partial charge >= 0.3 is 0 Å². The molecule has 0 bridgehead atoms. The molecule has 1 amide bonds. The Bertz CT molecular complexity index is 1050. The van der Waals surface area contributed by atoms with Gasteiger partial charge in [0.1, 0.15) is 5.82 Å². The average Bonchev–Trinajstić information content (AvgIpc) is 3.25. The van der Waals surface area contributed by atoms with Gasteiger partial charge in [-0.3, -0.25) is 4.79 Å². The van der Waals surface area contributed by atoms with Crippen LogP contribution in [0.25, 0.3) is 10.2 Å². The Morgan fingerprint density at radius 2 is 1.89 bits per heavy atom. The van der Waals surface area contributed by atoms with E-state index in [-0.39, 0.29) is 5.91 Å². The number of fused-ring (bicyclic) bond motifs is 1. The number of amides is 1. The summed E-state index contributed by atoms with van der Waals surface area (Å²) in [5, 5.41) is 8.60. The van der Waals surface area contributed by atoms with Gasteiger partial charge in [-0.15, -0.1) is 11.3 Å². The molecule has 0 saturated carbocycles. The average molecular weight is 391 g/mol. The Balaban J connectivity index is 1.33. The van der Waals surface area contributed by atoms with E-state index < -0.39 is 0 Å². The Kier molecular flexibility index (Phi) is 5.48. The van der Waals surface area contributed by atoms with Gasteiger partial charge < -0.3 is 5.32 Å². The molecule has 2 heterocycles. The summed E-state index contributed by atoms with van der Waals surface area (Å²) in [5.74, 6) is 0.752. The molecule has 0 fully saturated rings. The zero-order valence-electron chi connectivity index (χ0n) is 15.8. The highest BCUT2D eigenvalue weighted by Crippen LogP contribution is 2.23. The van der Waals surface area contributed by atoms with Gasteiger partial charge in [-0.1, -0.05) is 42.5 Å². The molecule has 0 aliphatic heterocycles. The Morgan fingerprint density at radius 1 is 1.11 bits per heavy atom. The third-order valence-corrected chi connectivity index (χ3v) is 5.57. The van der Waals surface area contributed by atoms with Crippen LogP contribution in [0, 0.1) is 6.92 Å². The first-order valence-corrected chi connectivity index (χ1v) is 10.2. The summed E-state index contributed by atoms with van der Waals surface area (Å²) in [6.07, 6.45) is 2.05. The van der Waals surface area contributed by atoms with E-state index in [1.54, 1.807) is 11.3 Å². The molecule has 0 unspecified atom stereocenters. The van der Waals surface area contributed by atoms with Crippen molar-refractivity contribution in [2.75, 3.05) is 5.32 Å². The van der Waals surface area contributed by atoms with Crippen molar-refractivity contribution in [1.29, 1.82) is 0 Å². The van der Waals surface area contributed by atoms with Crippen molar-refractivity contribution >= 4 is 33.3 Å². The maximum absolute atomic E-state index is 12.4. The molecule has 0 aliphatic rings. The Morgan fingerprint density at radius 3 is 2.71 bits per heavy atom. The number of aryl methyl sites for hydroxylation is 2. The van der Waals surface area contributed by atoms with Gasteiger partial charge in [0.05, 0.1) is 27.5 Å². The van der Waals surface area contributed by atoms with Gasteiger partial charge in [0.15, 0.2) is 0 Å². The highest BCUT2D eigenvalue weighted by atomic mass is 32.1. The van der Waals surface area contributed by atoms with E-state index in [2.05, 4.69) is 33.6 Å². The number of nitrogens with one attached hydrogen (secondary N) is 1. The Labute approximate surface area is 168 Å². The number of hydrogen-bond donors (Lipinski definition) is 1. The minimum atomic E-state index is 0.00956. The molecule has 0 saturated heterocycles. The molecule has 5 nitrogen and oxygen atoms in total. The van der Waals surface area contributed by atoms with E-state index in [1.807, 2.05) is 54.1 Å². The van der Waals surface area contributed by atoms with E-state index in [0.717, 1.165) is 40.4 Å². The SMILES string of the molecule is Cc1cc(NC(=O)CCCc2nc3ccccc3s2)n(Cc2ccccc2)n1. The zero-order valence-corrected chi connectivity index (χ0v) is 16.6. The van der Waals surface area contributed by atoms with Gasteiger partial charge in [0.25, 0.3) is 0 Å². The third-order valence-electron chi connectivity index (χ3n) is 4.48. The second kappa shape index (κ2) is 8.35. The summed E-state index contributed by atoms with van der Waals surface area (Å²) >= 11 is 1.70. The minimum Gasteiger partial charge on any atom is -0.311 e. The van der Waals surface area contributed by atoms with Crippen LogP contribution in [0.1, 0.15) is 29.1 Å². The predicted octanol–water partition coefficient (Wildman–Crippen LogP) is 4.81. The first-order valence-electron chi connectivity index (χ1n) is 9.40. The molecule has 4 rings (SSSR count). The summed E-state index contributed by atoms with van der Waals surface area (Å²) in [6, 6.07) is 20.2. The van der Waals surface area contributed by atoms with E-state index in [1.165, 1.54) is 4.70 Å². The molecule has 0 atom stereocenters. The molecule has 1 N–H and O–H groups in total. The van der Waals surface area contributed by atoms with E-state index in [4.69, 9.17) is 0 Å². The molecular weight excluding hydrogens is 368 g/mol. The second-order valence-corrected chi connectivity index (χ2v) is 7.91. The van der Waals surface area contributed by atoms with Crippen molar-refractivity contribution in [3.63, 3.8) is 0 Å². The van der Waals surface area contributed by atoms with Crippen molar-refractivity contribution in [2.24, 2.45) is 0 Å². The number of carbonyl (C=O) groups excluding carboxylic acids is 1. The number of rotatable bonds is 7. The fourth-order valence-corrected chi connectivity index (χ4v) is 4.16. The van der Waals surface area contributed by atoms with Crippen LogP contribution in [0.4, 0.5) is 5.82 Å². The number of thiazole rings is 1. The number of aromatic nitrogens is 3. The number of benzene rings is 2. The molecule has 2 aromatic heterocycles. The number of hydrogen-bond acceptors (Lipinski definition) is 4. The zero-order chi connectivity index (χ0) is 19.3. The molecule has 2 aromatic carbocycles. The highest BCUT2D eigenvalue weighted by Gasteiger charge is 2.11. The smallest absolute Gasteiger partial charge is 0.225 e. The van der Waals surface area contributed by atoms with Gasteiger partial charge in [-0.2, -0.15) is 5.10 Å². The number of para-hydroxylation sites is 1. The van der Waals surface area contributed by atoms with Crippen molar-refractivity contribution < 1.29 is 4.79 Å². The molecule has 142 valence electrons. The lowest BCUT2D eigenvalue weighted by Crippen LogP contribution is -2.16. The van der Waals surface area contributed by atoms with Crippen LogP contribution in [0.3, 0.4) is 0 Å². The topological polar surface area (TPSA) is 59.8 Å². The van der Waals surface area contributed by atoms with Crippen LogP contribution in [0.5, 0.6) is 0 Å². The van der Waals surface area contributed by atoms with Crippen LogP contribution >= 0.6 is 11.3 Å². The summed E-state index contributed by atoms with van der Waals surface area (Å²) in [6.45, 7) is 2.57. The van der Waals surface area contributed by atoms with Gasteiger partial charge in [-0.25, -0.2) is 9.67 Å². The maximum Gasteiger partial charge on any atom is 0.225 e. The number of nitrogens with zero attached hydrogens (tertiary/aromatic N) is 3. The van der Waals surface area contributed by atoms with Crippen molar-refractivity contribution in [1.82, 2.24) is 14.8 Å². The van der Waals surface area contributed by atoms with Crippen molar-refractivity contribution in [2.45, 2.75) is 32.7 Å². The van der Waals surface area contributed by atoms with Crippen LogP contribution in [-0.4, -0.2) is 20.7 Å². The number of anilines is 1. The molecule has 0 aliphatic carbocycles. The monoisotopic (exact) mass is 390 g/mol. The predicted molar refractivity (Wildman–Crippen MR) is 114 cm³/mol. The largest absolute Gasteiger partial charge is 0.311 e.